The van der Waals surface area contributed by atoms with E-state index in [9.17, 15) is 13.6 Å². The second kappa shape index (κ2) is 5.62. The molecule has 18 heavy (non-hydrogen) atoms. The van der Waals surface area contributed by atoms with Crippen LogP contribution in [0.2, 0.25) is 0 Å². The molecule has 102 valence electrons. The smallest absolute Gasteiger partial charge is 0.262 e. The van der Waals surface area contributed by atoms with Crippen LogP contribution < -0.4 is 10.6 Å². The molecule has 1 aliphatic heterocycles. The Kier molecular flexibility index (Phi) is 4.64. The first kappa shape index (κ1) is 14.8. The summed E-state index contributed by atoms with van der Waals surface area (Å²) in [5.41, 5.74) is 0.822. The van der Waals surface area contributed by atoms with Crippen LogP contribution in [0.25, 0.3) is 0 Å². The van der Waals surface area contributed by atoms with Gasteiger partial charge in [0.2, 0.25) is 5.91 Å². The Morgan fingerprint density at radius 1 is 1.72 bits per heavy atom. The van der Waals surface area contributed by atoms with Gasteiger partial charge in [0.05, 0.1) is 24.8 Å². The van der Waals surface area contributed by atoms with Crippen molar-refractivity contribution in [1.82, 2.24) is 20.4 Å². The highest BCUT2D eigenvalue weighted by atomic mass is 35.5. The van der Waals surface area contributed by atoms with Crippen LogP contribution in [0, 0.1) is 0 Å². The fourth-order valence-electron chi connectivity index (χ4n) is 1.78. The molecule has 1 amide bonds. The van der Waals surface area contributed by atoms with Gasteiger partial charge in [-0.1, -0.05) is 0 Å². The highest BCUT2D eigenvalue weighted by Gasteiger charge is 2.42. The first-order valence-corrected chi connectivity index (χ1v) is 5.34. The lowest BCUT2D eigenvalue weighted by atomic mass is 10.2. The molecule has 5 nitrogen and oxygen atoms in total. The molecule has 1 unspecified atom stereocenters. The zero-order valence-electron chi connectivity index (χ0n) is 9.82. The summed E-state index contributed by atoms with van der Waals surface area (Å²) in [6.45, 7) is -0.143. The standard InChI is InChI=1S/C10H14F2N4O.ClH/c1-16-7(2-3-15-16)5-13-9(17)8-4-10(11,12)6-14-8;/h2-3,8,14H,4-6H2,1H3,(H,13,17);1H. The molecule has 2 N–H and O–H groups in total. The number of aryl methyl sites for hydroxylation is 1. The molecule has 2 rings (SSSR count). The van der Waals surface area contributed by atoms with Gasteiger partial charge < -0.3 is 5.32 Å². The maximum absolute atomic E-state index is 12.9. The summed E-state index contributed by atoms with van der Waals surface area (Å²) < 4.78 is 27.4. The van der Waals surface area contributed by atoms with Gasteiger partial charge >= 0.3 is 0 Å². The molecule has 0 bridgehead atoms. The van der Waals surface area contributed by atoms with Gasteiger partial charge in [0.25, 0.3) is 5.92 Å². The summed E-state index contributed by atoms with van der Waals surface area (Å²) in [4.78, 5) is 11.6. The van der Waals surface area contributed by atoms with Crippen LogP contribution in [0.3, 0.4) is 0 Å². The van der Waals surface area contributed by atoms with Gasteiger partial charge in [-0.15, -0.1) is 12.4 Å². The summed E-state index contributed by atoms with van der Waals surface area (Å²) in [5, 5.41) is 9.06. The molecule has 0 aromatic carbocycles. The number of carbonyl (C=O) groups excluding carboxylic acids is 1. The van der Waals surface area contributed by atoms with Crippen LogP contribution >= 0.6 is 12.4 Å². The van der Waals surface area contributed by atoms with Crippen LogP contribution in [-0.2, 0) is 18.4 Å². The summed E-state index contributed by atoms with van der Waals surface area (Å²) in [7, 11) is 1.75. The van der Waals surface area contributed by atoms with E-state index in [-0.39, 0.29) is 12.4 Å². The third-order valence-electron chi connectivity index (χ3n) is 2.79. The SMILES string of the molecule is Cl.Cn1nccc1CNC(=O)C1CC(F)(F)CN1. The van der Waals surface area contributed by atoms with Crippen molar-refractivity contribution in [1.29, 1.82) is 0 Å². The molecule has 0 aliphatic carbocycles. The molecule has 8 heteroatoms. The van der Waals surface area contributed by atoms with Crippen LogP contribution in [0.1, 0.15) is 12.1 Å². The average Bonchev–Trinajstić information content (AvgIpc) is 2.81. The number of hydrogen-bond donors (Lipinski definition) is 2. The van der Waals surface area contributed by atoms with Crippen LogP contribution in [0.4, 0.5) is 8.78 Å². The number of hydrogen-bond acceptors (Lipinski definition) is 3. The van der Waals surface area contributed by atoms with E-state index >= 15 is 0 Å². The molecule has 0 radical (unpaired) electrons. The van der Waals surface area contributed by atoms with E-state index in [1.54, 1.807) is 24.0 Å². The monoisotopic (exact) mass is 280 g/mol. The number of rotatable bonds is 3. The highest BCUT2D eigenvalue weighted by Crippen LogP contribution is 2.24. The van der Waals surface area contributed by atoms with Crippen LogP contribution in [-0.4, -0.2) is 34.2 Å². The van der Waals surface area contributed by atoms with Gasteiger partial charge in [0.1, 0.15) is 0 Å². The Morgan fingerprint density at radius 2 is 2.44 bits per heavy atom. The van der Waals surface area contributed by atoms with Crippen molar-refractivity contribution >= 4 is 18.3 Å². The minimum absolute atomic E-state index is 0. The summed E-state index contributed by atoms with van der Waals surface area (Å²) in [6, 6.07) is 0.954. The zero-order valence-corrected chi connectivity index (χ0v) is 10.6. The predicted molar refractivity (Wildman–Crippen MR) is 63.7 cm³/mol. The van der Waals surface area contributed by atoms with Crippen molar-refractivity contribution in [2.75, 3.05) is 6.54 Å². The normalized spacial score (nSPS) is 21.4. The number of aromatic nitrogens is 2. The largest absolute Gasteiger partial charge is 0.349 e. The van der Waals surface area contributed by atoms with Gasteiger partial charge in [0.15, 0.2) is 0 Å². The summed E-state index contributed by atoms with van der Waals surface area (Å²) in [5.74, 6) is -3.18. The minimum atomic E-state index is -2.78. The number of halogens is 3. The third-order valence-corrected chi connectivity index (χ3v) is 2.79. The quantitative estimate of drug-likeness (QED) is 0.845. The first-order valence-electron chi connectivity index (χ1n) is 5.34. The number of nitrogens with zero attached hydrogens (tertiary/aromatic N) is 2. The van der Waals surface area contributed by atoms with E-state index < -0.39 is 30.8 Å². The maximum Gasteiger partial charge on any atom is 0.262 e. The van der Waals surface area contributed by atoms with E-state index in [0.29, 0.717) is 6.54 Å². The van der Waals surface area contributed by atoms with Crippen molar-refractivity contribution in [3.8, 4) is 0 Å². The summed E-state index contributed by atoms with van der Waals surface area (Å²) >= 11 is 0. The van der Waals surface area contributed by atoms with E-state index in [4.69, 9.17) is 0 Å². The number of nitrogens with one attached hydrogen (secondary N) is 2. The second-order valence-corrected chi connectivity index (χ2v) is 4.16. The van der Waals surface area contributed by atoms with Crippen LogP contribution in [0.15, 0.2) is 12.3 Å². The molecule has 0 spiro atoms. The molecule has 1 fully saturated rings. The van der Waals surface area contributed by atoms with Crippen molar-refractivity contribution < 1.29 is 13.6 Å². The number of carbonyl (C=O) groups is 1. The van der Waals surface area contributed by atoms with Gasteiger partial charge in [-0.25, -0.2) is 8.78 Å². The first-order chi connectivity index (χ1) is 7.98. The van der Waals surface area contributed by atoms with Crippen molar-refractivity contribution in [2.24, 2.45) is 7.05 Å². The molecule has 0 saturated carbocycles. The van der Waals surface area contributed by atoms with Gasteiger partial charge in [0, 0.05) is 19.7 Å². The Bertz CT molecular complexity index is 424. The van der Waals surface area contributed by atoms with E-state index in [1.807, 2.05) is 0 Å². The van der Waals surface area contributed by atoms with Crippen LogP contribution in [0.5, 0.6) is 0 Å². The topological polar surface area (TPSA) is 59.0 Å². The zero-order chi connectivity index (χ0) is 12.5. The third kappa shape index (κ3) is 3.39. The lowest BCUT2D eigenvalue weighted by Crippen LogP contribution is -2.40. The fourth-order valence-corrected chi connectivity index (χ4v) is 1.78. The lowest BCUT2D eigenvalue weighted by Gasteiger charge is -2.11. The Hall–Kier alpha value is -1.21. The number of alkyl halides is 2. The van der Waals surface area contributed by atoms with E-state index in [1.165, 1.54) is 0 Å². The van der Waals surface area contributed by atoms with Crippen molar-refractivity contribution in [3.05, 3.63) is 18.0 Å². The minimum Gasteiger partial charge on any atom is -0.349 e. The Labute approximate surface area is 109 Å². The second-order valence-electron chi connectivity index (χ2n) is 4.16. The van der Waals surface area contributed by atoms with Crippen molar-refractivity contribution in [2.45, 2.75) is 24.9 Å². The molecule has 1 atom stereocenters. The fraction of sp³-hybridized carbons (Fsp3) is 0.600. The predicted octanol–water partition coefficient (Wildman–Crippen LogP) is 0.455. The van der Waals surface area contributed by atoms with Crippen molar-refractivity contribution in [3.63, 3.8) is 0 Å². The molecule has 1 aliphatic rings. The van der Waals surface area contributed by atoms with E-state index in [0.717, 1.165) is 5.69 Å². The highest BCUT2D eigenvalue weighted by molar-refractivity contribution is 5.85. The molecule has 1 aromatic heterocycles. The average molecular weight is 281 g/mol. The number of amides is 1. The van der Waals surface area contributed by atoms with Gasteiger partial charge in [-0.2, -0.15) is 5.10 Å². The molecule has 2 heterocycles. The Balaban J connectivity index is 0.00000162. The molecular weight excluding hydrogens is 266 g/mol. The van der Waals surface area contributed by atoms with E-state index in [2.05, 4.69) is 15.7 Å². The lowest BCUT2D eigenvalue weighted by molar-refractivity contribution is -0.123. The maximum atomic E-state index is 12.9. The molecule has 1 saturated heterocycles. The summed E-state index contributed by atoms with van der Waals surface area (Å²) in [6.07, 6.45) is 1.17. The van der Waals surface area contributed by atoms with Gasteiger partial charge in [-0.3, -0.25) is 14.8 Å². The Morgan fingerprint density at radius 3 is 2.94 bits per heavy atom. The molecule has 1 aromatic rings. The van der Waals surface area contributed by atoms with Gasteiger partial charge in [-0.05, 0) is 6.07 Å². The molecular formula is C10H15ClF2N4O.